The van der Waals surface area contributed by atoms with Crippen molar-refractivity contribution in [1.29, 1.82) is 0 Å². The summed E-state index contributed by atoms with van der Waals surface area (Å²) in [5, 5.41) is 0. The molecule has 0 saturated heterocycles. The predicted octanol–water partition coefficient (Wildman–Crippen LogP) is 3.94. The molecule has 1 aliphatic rings. The molecule has 1 N–H and O–H groups in total. The number of esters is 1. The quantitative estimate of drug-likeness (QED) is 0.302. The van der Waals surface area contributed by atoms with Gasteiger partial charge in [0.05, 0.1) is 24.2 Å². The van der Waals surface area contributed by atoms with E-state index in [0.717, 1.165) is 5.56 Å². The molecule has 3 aromatic rings. The fourth-order valence-corrected chi connectivity index (χ4v) is 4.73. The molecule has 0 aliphatic carbocycles. The number of Topliss-reactive ketones (excluding diaryl/α,β-unsaturated/α-hetero) is 1. The molecule has 0 radical (unpaired) electrons. The van der Waals surface area contributed by atoms with Gasteiger partial charge in [-0.3, -0.25) is 4.79 Å². The summed E-state index contributed by atoms with van der Waals surface area (Å²) in [6.07, 6.45) is 1.52. The summed E-state index contributed by atoms with van der Waals surface area (Å²) in [5.41, 5.74) is 2.26. The van der Waals surface area contributed by atoms with Gasteiger partial charge in [0, 0.05) is 17.5 Å². The summed E-state index contributed by atoms with van der Waals surface area (Å²) in [4.78, 5) is 27.3. The minimum atomic E-state index is -3.71. The first kappa shape index (κ1) is 24.2. The number of nitrogens with zero attached hydrogens (tertiary/aromatic N) is 1. The Morgan fingerprint density at radius 1 is 1.03 bits per heavy atom. The van der Waals surface area contributed by atoms with Crippen LogP contribution >= 0.6 is 0 Å². The highest BCUT2D eigenvalue weighted by molar-refractivity contribution is 7.89. The third-order valence-corrected chi connectivity index (χ3v) is 6.95. The van der Waals surface area contributed by atoms with Crippen molar-refractivity contribution in [2.24, 2.45) is 0 Å². The number of hydrogen-bond donors (Lipinski definition) is 1. The van der Waals surface area contributed by atoms with Gasteiger partial charge in [0.1, 0.15) is 17.1 Å². The first-order chi connectivity index (χ1) is 16.7. The van der Waals surface area contributed by atoms with Crippen LogP contribution in [0, 0.1) is 6.92 Å². The number of rotatable bonds is 7. The van der Waals surface area contributed by atoms with E-state index in [1.165, 1.54) is 25.3 Å². The molecule has 0 unspecified atom stereocenters. The number of furan rings is 1. The van der Waals surface area contributed by atoms with Crippen LogP contribution in [0.5, 0.6) is 0 Å². The van der Waals surface area contributed by atoms with Crippen LogP contribution in [0.2, 0.25) is 0 Å². The second-order valence-electron chi connectivity index (χ2n) is 7.92. The number of hydrogen-bond acceptors (Lipinski definition) is 7. The molecule has 0 spiro atoms. The van der Waals surface area contributed by atoms with Gasteiger partial charge in [-0.2, -0.15) is 0 Å². The number of anilines is 1. The lowest BCUT2D eigenvalue weighted by Crippen LogP contribution is -2.22. The molecule has 180 valence electrons. The Morgan fingerprint density at radius 2 is 1.71 bits per heavy atom. The first-order valence-electron chi connectivity index (χ1n) is 10.8. The van der Waals surface area contributed by atoms with E-state index in [1.54, 1.807) is 36.1 Å². The number of ether oxygens (including phenoxy) is 1. The molecule has 0 fully saturated rings. The monoisotopic (exact) mass is 492 g/mol. The summed E-state index contributed by atoms with van der Waals surface area (Å²) in [7, 11) is -2.49. The van der Waals surface area contributed by atoms with Crippen molar-refractivity contribution < 1.29 is 27.2 Å². The minimum absolute atomic E-state index is 0.0553. The summed E-state index contributed by atoms with van der Waals surface area (Å²) >= 11 is 0. The maximum atomic E-state index is 13.1. The number of para-hydroxylation sites is 1. The Kier molecular flexibility index (Phi) is 6.72. The van der Waals surface area contributed by atoms with Crippen molar-refractivity contribution >= 4 is 33.5 Å². The average Bonchev–Trinajstić information content (AvgIpc) is 3.40. The van der Waals surface area contributed by atoms with Crippen molar-refractivity contribution in [2.45, 2.75) is 25.3 Å². The van der Waals surface area contributed by atoms with E-state index in [0.29, 0.717) is 22.9 Å². The Labute approximate surface area is 203 Å². The third kappa shape index (κ3) is 4.96. The number of carbonyl (C=O) groups excluding carboxylic acids is 2. The van der Waals surface area contributed by atoms with Crippen LogP contribution in [0.1, 0.15) is 24.0 Å². The van der Waals surface area contributed by atoms with Crippen LogP contribution in [0.4, 0.5) is 5.69 Å². The lowest BCUT2D eigenvalue weighted by molar-refractivity contribution is -0.137. The molecule has 0 saturated carbocycles. The molecule has 0 amide bonds. The van der Waals surface area contributed by atoms with Crippen LogP contribution in [0.3, 0.4) is 0 Å². The number of carbonyl (C=O) groups is 2. The molecule has 1 aromatic heterocycles. The van der Waals surface area contributed by atoms with E-state index in [9.17, 15) is 18.0 Å². The molecule has 1 aliphatic heterocycles. The zero-order chi connectivity index (χ0) is 25.2. The van der Waals surface area contributed by atoms with Crippen LogP contribution in [0.25, 0.3) is 6.08 Å². The van der Waals surface area contributed by atoms with E-state index in [4.69, 9.17) is 9.15 Å². The van der Waals surface area contributed by atoms with Gasteiger partial charge in [-0.15, -0.1) is 0 Å². The number of benzene rings is 2. The second-order valence-corrected chi connectivity index (χ2v) is 9.69. The van der Waals surface area contributed by atoms with Gasteiger partial charge < -0.3 is 14.1 Å². The molecule has 9 heteroatoms. The Hall–Kier alpha value is -3.95. The maximum Gasteiger partial charge on any atom is 0.343 e. The maximum absolute atomic E-state index is 13.1. The molecule has 2 aromatic carbocycles. The van der Waals surface area contributed by atoms with Crippen LogP contribution in [-0.4, -0.2) is 27.3 Å². The SMILES string of the molecule is COC(=O)C1=C(C)N(c2ccccc2)/C(=C/c2ccc(CNS(=O)(=O)c3ccc(C)cc3)o2)C1=O. The van der Waals surface area contributed by atoms with Crippen molar-refractivity contribution in [2.75, 3.05) is 12.0 Å². The number of sulfonamides is 1. The van der Waals surface area contributed by atoms with Gasteiger partial charge >= 0.3 is 5.97 Å². The summed E-state index contributed by atoms with van der Waals surface area (Å²) in [6, 6.07) is 18.9. The number of nitrogens with one attached hydrogen (secondary N) is 1. The highest BCUT2D eigenvalue weighted by Crippen LogP contribution is 2.35. The van der Waals surface area contributed by atoms with Gasteiger partial charge in [-0.25, -0.2) is 17.9 Å². The van der Waals surface area contributed by atoms with Crippen LogP contribution < -0.4 is 9.62 Å². The Morgan fingerprint density at radius 3 is 2.37 bits per heavy atom. The van der Waals surface area contributed by atoms with Crippen molar-refractivity contribution in [3.8, 4) is 0 Å². The van der Waals surface area contributed by atoms with Crippen molar-refractivity contribution in [3.63, 3.8) is 0 Å². The molecule has 4 rings (SSSR count). The summed E-state index contributed by atoms with van der Waals surface area (Å²) in [6.45, 7) is 3.48. The van der Waals surface area contributed by atoms with E-state index in [2.05, 4.69) is 4.72 Å². The lowest BCUT2D eigenvalue weighted by Gasteiger charge is -2.21. The zero-order valence-electron chi connectivity index (χ0n) is 19.4. The minimum Gasteiger partial charge on any atom is -0.465 e. The number of allylic oxidation sites excluding steroid dienone is 2. The Bertz CT molecular complexity index is 1430. The van der Waals surface area contributed by atoms with Gasteiger partial charge in [0.25, 0.3) is 0 Å². The van der Waals surface area contributed by atoms with E-state index >= 15 is 0 Å². The largest absolute Gasteiger partial charge is 0.465 e. The van der Waals surface area contributed by atoms with E-state index in [1.807, 2.05) is 37.3 Å². The molecule has 35 heavy (non-hydrogen) atoms. The summed E-state index contributed by atoms with van der Waals surface area (Å²) in [5.74, 6) is -0.515. The molecule has 8 nitrogen and oxygen atoms in total. The number of methoxy groups -OCH3 is 1. The zero-order valence-corrected chi connectivity index (χ0v) is 20.3. The fraction of sp³-hybridized carbons (Fsp3) is 0.154. The van der Waals surface area contributed by atoms with Crippen LogP contribution in [-0.2, 0) is 30.9 Å². The van der Waals surface area contributed by atoms with Crippen molar-refractivity contribution in [1.82, 2.24) is 4.72 Å². The number of ketones is 1. The highest BCUT2D eigenvalue weighted by Gasteiger charge is 2.38. The van der Waals surface area contributed by atoms with Gasteiger partial charge in [-0.05, 0) is 50.2 Å². The second kappa shape index (κ2) is 9.73. The van der Waals surface area contributed by atoms with E-state index < -0.39 is 21.8 Å². The van der Waals surface area contributed by atoms with Gasteiger partial charge in [0.15, 0.2) is 0 Å². The smallest absolute Gasteiger partial charge is 0.343 e. The fourth-order valence-electron chi connectivity index (χ4n) is 3.74. The van der Waals surface area contributed by atoms with Crippen LogP contribution in [0.15, 0.2) is 93.0 Å². The predicted molar refractivity (Wildman–Crippen MR) is 131 cm³/mol. The normalized spacial score (nSPS) is 15.2. The topological polar surface area (TPSA) is 106 Å². The molecular formula is C26H24N2O6S. The third-order valence-electron chi connectivity index (χ3n) is 5.53. The molecule has 2 heterocycles. The molecular weight excluding hydrogens is 468 g/mol. The van der Waals surface area contributed by atoms with Gasteiger partial charge in [0.2, 0.25) is 15.8 Å². The van der Waals surface area contributed by atoms with Gasteiger partial charge in [-0.1, -0.05) is 35.9 Å². The standard InChI is InChI=1S/C26H24N2O6S/c1-17-9-13-22(14-10-17)35(31,32)27-16-21-12-11-20(34-21)15-23-25(29)24(26(30)33-3)18(2)28(23)19-7-5-4-6-8-19/h4-15,27H,16H2,1-3H3/b23-15+. The number of aryl methyl sites for hydroxylation is 1. The summed E-state index contributed by atoms with van der Waals surface area (Å²) < 4.78 is 38.2. The van der Waals surface area contributed by atoms with Crippen molar-refractivity contribution in [3.05, 3.63) is 101 Å². The average molecular weight is 493 g/mol. The Balaban J connectivity index is 1.59. The van der Waals surface area contributed by atoms with E-state index in [-0.39, 0.29) is 22.7 Å². The molecule has 0 bridgehead atoms. The lowest BCUT2D eigenvalue weighted by atomic mass is 10.1. The molecule has 0 atom stereocenters. The first-order valence-corrected chi connectivity index (χ1v) is 12.3. The highest BCUT2D eigenvalue weighted by atomic mass is 32.2.